The molecular weight excluding hydrogens is 467 g/mol. The minimum Gasteiger partial charge on any atom is -0.330 e. The van der Waals surface area contributed by atoms with Crippen LogP contribution in [0.2, 0.25) is 0 Å². The van der Waals surface area contributed by atoms with E-state index >= 15 is 0 Å². The molecule has 0 aromatic heterocycles. The molecule has 0 spiro atoms. The van der Waals surface area contributed by atoms with Gasteiger partial charge in [0.1, 0.15) is 21.5 Å². The van der Waals surface area contributed by atoms with Crippen molar-refractivity contribution in [3.63, 3.8) is 0 Å². The Hall–Kier alpha value is -2.70. The molecule has 2 aromatic carbocycles. The molecule has 2 N–H and O–H groups in total. The van der Waals surface area contributed by atoms with Crippen LogP contribution < -0.4 is 5.73 Å². The monoisotopic (exact) mass is 488 g/mol. The van der Waals surface area contributed by atoms with Crippen molar-refractivity contribution in [3.8, 4) is 0 Å². The van der Waals surface area contributed by atoms with Gasteiger partial charge in [-0.1, -0.05) is 42.1 Å². The van der Waals surface area contributed by atoms with E-state index in [0.29, 0.717) is 17.0 Å². The third-order valence-electron chi connectivity index (χ3n) is 4.77. The number of carbonyl (C=O) groups is 1. The number of urea groups is 1. The van der Waals surface area contributed by atoms with Gasteiger partial charge in [-0.15, -0.1) is 0 Å². The van der Waals surface area contributed by atoms with E-state index in [1.165, 1.54) is 0 Å². The summed E-state index contributed by atoms with van der Waals surface area (Å²) in [4.78, 5) is 16.5. The molecule has 12 heteroatoms. The van der Waals surface area contributed by atoms with Gasteiger partial charge < -0.3 is 5.73 Å². The van der Waals surface area contributed by atoms with Crippen molar-refractivity contribution >= 4 is 22.8 Å². The second-order valence-electron chi connectivity index (χ2n) is 7.15. The predicted molar refractivity (Wildman–Crippen MR) is 114 cm³/mol. The van der Waals surface area contributed by atoms with Crippen LogP contribution in [0.4, 0.5) is 26.7 Å². The first kappa shape index (κ1) is 24.9. The summed E-state index contributed by atoms with van der Waals surface area (Å²) in [5.41, 5.74) is 6.09. The SMILES string of the molecule is CN(OCC(F)(F)F)C(=O)N1N=C(c2cc(F)ccc2F)SC1(CCCN)c1ccccc1. The minimum absolute atomic E-state index is 0.00885. The van der Waals surface area contributed by atoms with E-state index in [2.05, 4.69) is 9.94 Å². The molecule has 2 aromatic rings. The molecule has 6 nitrogen and oxygen atoms in total. The summed E-state index contributed by atoms with van der Waals surface area (Å²) in [6.45, 7) is -1.44. The van der Waals surface area contributed by atoms with Crippen LogP contribution in [0.1, 0.15) is 24.0 Å². The fourth-order valence-electron chi connectivity index (χ4n) is 3.24. The third-order valence-corrected chi connectivity index (χ3v) is 6.22. The lowest BCUT2D eigenvalue weighted by Crippen LogP contribution is -2.48. The highest BCUT2D eigenvalue weighted by Gasteiger charge is 2.50. The molecule has 1 aliphatic heterocycles. The first-order valence-electron chi connectivity index (χ1n) is 9.83. The van der Waals surface area contributed by atoms with Crippen molar-refractivity contribution in [2.24, 2.45) is 10.8 Å². The number of hydrogen-bond donors (Lipinski definition) is 1. The number of rotatable bonds is 7. The molecule has 1 atom stereocenters. The normalized spacial score (nSPS) is 18.4. The Morgan fingerprint density at radius 3 is 2.55 bits per heavy atom. The molecule has 0 saturated carbocycles. The number of amides is 2. The first-order chi connectivity index (χ1) is 15.6. The van der Waals surface area contributed by atoms with Gasteiger partial charge >= 0.3 is 12.2 Å². The summed E-state index contributed by atoms with van der Waals surface area (Å²) in [6.07, 6.45) is -4.02. The van der Waals surface area contributed by atoms with Crippen molar-refractivity contribution in [1.29, 1.82) is 0 Å². The lowest BCUT2D eigenvalue weighted by atomic mass is 10.0. The second kappa shape index (κ2) is 10.1. The van der Waals surface area contributed by atoms with E-state index in [1.54, 1.807) is 30.3 Å². The van der Waals surface area contributed by atoms with Crippen LogP contribution in [0.25, 0.3) is 0 Å². The van der Waals surface area contributed by atoms with E-state index in [1.807, 2.05) is 0 Å². The summed E-state index contributed by atoms with van der Waals surface area (Å²) < 4.78 is 66.2. The Labute approximate surface area is 191 Å². The molecule has 0 fully saturated rings. The molecular formula is C21H21F5N4O2S. The van der Waals surface area contributed by atoms with Gasteiger partial charge in [-0.05, 0) is 43.1 Å². The molecule has 0 radical (unpaired) electrons. The van der Waals surface area contributed by atoms with Crippen molar-refractivity contribution in [1.82, 2.24) is 10.1 Å². The number of carbonyl (C=O) groups excluding carboxylic acids is 1. The first-order valence-corrected chi connectivity index (χ1v) is 10.7. The summed E-state index contributed by atoms with van der Waals surface area (Å²) in [6, 6.07) is 10.4. The quantitative estimate of drug-likeness (QED) is 0.449. The van der Waals surface area contributed by atoms with Crippen LogP contribution in [-0.4, -0.2) is 47.5 Å². The van der Waals surface area contributed by atoms with E-state index in [9.17, 15) is 26.7 Å². The number of hydrogen-bond acceptors (Lipinski definition) is 5. The zero-order valence-corrected chi connectivity index (χ0v) is 18.3. The average molecular weight is 488 g/mol. The molecule has 3 rings (SSSR count). The molecule has 0 bridgehead atoms. The van der Waals surface area contributed by atoms with Gasteiger partial charge in [0.05, 0.1) is 0 Å². The Kier molecular flexibility index (Phi) is 7.60. The van der Waals surface area contributed by atoms with Crippen molar-refractivity contribution in [2.45, 2.75) is 23.9 Å². The van der Waals surface area contributed by atoms with Gasteiger partial charge in [0.2, 0.25) is 0 Å². The lowest BCUT2D eigenvalue weighted by Gasteiger charge is -2.37. The number of nitrogens with zero attached hydrogens (tertiary/aromatic N) is 3. The maximum Gasteiger partial charge on any atom is 0.414 e. The Bertz CT molecular complexity index is 1020. The van der Waals surface area contributed by atoms with Crippen LogP contribution in [0.5, 0.6) is 0 Å². The summed E-state index contributed by atoms with van der Waals surface area (Å²) in [5.74, 6) is -1.48. The second-order valence-corrected chi connectivity index (χ2v) is 8.42. The van der Waals surface area contributed by atoms with Gasteiger partial charge in [0, 0.05) is 12.6 Å². The Morgan fingerprint density at radius 1 is 1.21 bits per heavy atom. The number of halogens is 5. The third kappa shape index (κ3) is 5.63. The van der Waals surface area contributed by atoms with Gasteiger partial charge in [-0.2, -0.15) is 23.3 Å². The summed E-state index contributed by atoms with van der Waals surface area (Å²) in [5, 5.41) is 5.58. The zero-order chi connectivity index (χ0) is 24.2. The zero-order valence-electron chi connectivity index (χ0n) is 17.5. The molecule has 0 aliphatic carbocycles. The van der Waals surface area contributed by atoms with Gasteiger partial charge in [-0.3, -0.25) is 4.84 Å². The van der Waals surface area contributed by atoms with Crippen molar-refractivity contribution < 1.29 is 31.6 Å². The fourth-order valence-corrected chi connectivity index (χ4v) is 4.66. The van der Waals surface area contributed by atoms with Crippen LogP contribution in [0.3, 0.4) is 0 Å². The maximum absolute atomic E-state index is 14.5. The molecule has 1 unspecified atom stereocenters. The summed E-state index contributed by atoms with van der Waals surface area (Å²) in [7, 11) is 1.02. The minimum atomic E-state index is -4.66. The molecule has 0 saturated heterocycles. The maximum atomic E-state index is 14.5. The number of hydrazone groups is 1. The van der Waals surface area contributed by atoms with Crippen molar-refractivity contribution in [2.75, 3.05) is 20.2 Å². The summed E-state index contributed by atoms with van der Waals surface area (Å²) >= 11 is 0.993. The van der Waals surface area contributed by atoms with Gasteiger partial charge in [-0.25, -0.2) is 18.6 Å². The van der Waals surface area contributed by atoms with E-state index in [4.69, 9.17) is 5.73 Å². The Morgan fingerprint density at radius 2 is 1.91 bits per heavy atom. The smallest absolute Gasteiger partial charge is 0.330 e. The Balaban J connectivity index is 2.08. The van der Waals surface area contributed by atoms with Crippen LogP contribution in [0, 0.1) is 11.6 Å². The van der Waals surface area contributed by atoms with E-state index < -0.39 is 35.3 Å². The topological polar surface area (TPSA) is 71.2 Å². The molecule has 1 heterocycles. The molecule has 33 heavy (non-hydrogen) atoms. The largest absolute Gasteiger partial charge is 0.414 e. The van der Waals surface area contributed by atoms with Crippen LogP contribution in [-0.2, 0) is 9.71 Å². The van der Waals surface area contributed by atoms with E-state index in [0.717, 1.165) is 42.0 Å². The van der Waals surface area contributed by atoms with E-state index in [-0.39, 0.29) is 23.6 Å². The standard InChI is InChI=1S/C21H21F5N4O2S/c1-29(32-13-21(24,25)26)19(31)30-20(10-5-11-27,14-6-3-2-4-7-14)33-18(28-30)16-12-15(22)8-9-17(16)23/h2-4,6-9,12H,5,10-11,13,27H2,1H3. The van der Waals surface area contributed by atoms with Gasteiger partial charge in [0.25, 0.3) is 0 Å². The number of nitrogens with two attached hydrogens (primary N) is 1. The predicted octanol–water partition coefficient (Wildman–Crippen LogP) is 4.81. The molecule has 2 amide bonds. The highest BCUT2D eigenvalue weighted by Crippen LogP contribution is 2.50. The van der Waals surface area contributed by atoms with Crippen LogP contribution >= 0.6 is 11.8 Å². The highest BCUT2D eigenvalue weighted by molar-refractivity contribution is 8.15. The number of alkyl halides is 3. The number of hydroxylamine groups is 2. The number of thioether (sulfide) groups is 1. The number of benzene rings is 2. The van der Waals surface area contributed by atoms with Gasteiger partial charge in [0.15, 0.2) is 6.61 Å². The average Bonchev–Trinajstić information content (AvgIpc) is 3.17. The lowest BCUT2D eigenvalue weighted by molar-refractivity contribution is -0.229. The fraction of sp³-hybridized carbons (Fsp3) is 0.333. The molecule has 178 valence electrons. The van der Waals surface area contributed by atoms with Crippen molar-refractivity contribution in [3.05, 3.63) is 71.3 Å². The van der Waals surface area contributed by atoms with Crippen LogP contribution in [0.15, 0.2) is 53.6 Å². The molecule has 1 aliphatic rings. The highest BCUT2D eigenvalue weighted by atomic mass is 32.2.